The average Bonchev–Trinajstić information content (AvgIpc) is 3.24. The molecule has 8 heteroatoms. The number of halogens is 1. The number of hydrogen-bond acceptors (Lipinski definition) is 5. The van der Waals surface area contributed by atoms with Gasteiger partial charge in [0.1, 0.15) is 5.01 Å². The van der Waals surface area contributed by atoms with Gasteiger partial charge in [-0.1, -0.05) is 54.1 Å². The first-order chi connectivity index (χ1) is 13.2. The van der Waals surface area contributed by atoms with Crippen molar-refractivity contribution in [3.63, 3.8) is 0 Å². The molecule has 0 aliphatic heterocycles. The van der Waals surface area contributed by atoms with Crippen LogP contribution in [-0.4, -0.2) is 25.7 Å². The lowest BCUT2D eigenvalue weighted by atomic mass is 10.2. The first kappa shape index (κ1) is 17.6. The lowest BCUT2D eigenvalue weighted by Gasteiger charge is -2.07. The number of fused-ring (bicyclic) bond motifs is 1. The Morgan fingerprint density at radius 1 is 1.19 bits per heavy atom. The van der Waals surface area contributed by atoms with Gasteiger partial charge in [0.25, 0.3) is 5.91 Å². The second-order valence-corrected chi connectivity index (χ2v) is 7.35. The Bertz CT molecular complexity index is 1120. The monoisotopic (exact) mass is 397 g/mol. The molecule has 0 atom stereocenters. The summed E-state index contributed by atoms with van der Waals surface area (Å²) in [5, 5.41) is 17.1. The molecule has 6 nitrogen and oxygen atoms in total. The molecular weight excluding hydrogens is 382 g/mol. The van der Waals surface area contributed by atoms with E-state index >= 15 is 0 Å². The Labute approximate surface area is 164 Å². The van der Waals surface area contributed by atoms with Crippen molar-refractivity contribution < 1.29 is 4.79 Å². The predicted octanol–water partition coefficient (Wildman–Crippen LogP) is 4.71. The third-order valence-electron chi connectivity index (χ3n) is 4.01. The highest BCUT2D eigenvalue weighted by atomic mass is 35.5. The van der Waals surface area contributed by atoms with Crippen LogP contribution in [0, 0.1) is 0 Å². The number of benzene rings is 2. The summed E-state index contributed by atoms with van der Waals surface area (Å²) in [5.74, 6) is 0.610. The van der Waals surface area contributed by atoms with E-state index < -0.39 is 0 Å². The van der Waals surface area contributed by atoms with Gasteiger partial charge in [-0.05, 0) is 30.7 Å². The zero-order chi connectivity index (χ0) is 18.8. The Balaban J connectivity index is 1.61. The summed E-state index contributed by atoms with van der Waals surface area (Å²) in [6, 6.07) is 14.5. The van der Waals surface area contributed by atoms with Crippen molar-refractivity contribution >= 4 is 39.5 Å². The predicted molar refractivity (Wildman–Crippen MR) is 107 cm³/mol. The second-order valence-electron chi connectivity index (χ2n) is 5.98. The molecule has 27 heavy (non-hydrogen) atoms. The molecule has 2 aromatic carbocycles. The fourth-order valence-corrected chi connectivity index (χ4v) is 3.80. The molecule has 4 aromatic rings. The molecule has 0 bridgehead atoms. The Hall–Kier alpha value is -2.77. The summed E-state index contributed by atoms with van der Waals surface area (Å²) < 4.78 is 1.79. The normalized spacial score (nSPS) is 11.0. The van der Waals surface area contributed by atoms with E-state index in [4.69, 9.17) is 11.6 Å². The number of anilines is 1. The second kappa shape index (κ2) is 7.46. The number of aromatic nitrogens is 4. The molecule has 4 rings (SSSR count). The van der Waals surface area contributed by atoms with Gasteiger partial charge in [-0.25, -0.2) is 0 Å². The largest absolute Gasteiger partial charge is 0.322 e. The number of nitrogens with zero attached hydrogens (tertiary/aromatic N) is 4. The summed E-state index contributed by atoms with van der Waals surface area (Å²) in [5.41, 5.74) is 2.02. The highest BCUT2D eigenvalue weighted by Gasteiger charge is 2.14. The van der Waals surface area contributed by atoms with Crippen molar-refractivity contribution in [3.05, 3.63) is 64.9 Å². The Morgan fingerprint density at radius 3 is 2.85 bits per heavy atom. The van der Waals surface area contributed by atoms with Crippen molar-refractivity contribution in [2.45, 2.75) is 19.8 Å². The maximum Gasteiger partial charge on any atom is 0.257 e. The SMILES string of the molecule is CCCc1nnc2sc(-c3cccc(NC(=O)c4ccccc4Cl)c3)nn12. The standard InChI is InChI=1S/C19H16ClN5OS/c1-2-6-16-22-23-19-25(16)24-18(27-19)12-7-5-8-13(11-12)21-17(26)14-9-3-4-10-15(14)20/h3-5,7-11H,2,6H2,1H3,(H,21,26). The molecule has 0 saturated carbocycles. The molecule has 0 unspecified atom stereocenters. The molecule has 0 spiro atoms. The molecule has 0 aliphatic rings. The number of carbonyl (C=O) groups excluding carboxylic acids is 1. The van der Waals surface area contributed by atoms with Gasteiger partial charge in [0.2, 0.25) is 4.96 Å². The van der Waals surface area contributed by atoms with E-state index in [0.717, 1.165) is 34.2 Å². The van der Waals surface area contributed by atoms with Crippen LogP contribution in [0.3, 0.4) is 0 Å². The lowest BCUT2D eigenvalue weighted by Crippen LogP contribution is -2.12. The maximum atomic E-state index is 12.5. The van der Waals surface area contributed by atoms with Gasteiger partial charge in [-0.15, -0.1) is 10.2 Å². The van der Waals surface area contributed by atoms with Crippen LogP contribution in [-0.2, 0) is 6.42 Å². The van der Waals surface area contributed by atoms with Crippen molar-refractivity contribution in [2.75, 3.05) is 5.32 Å². The summed E-state index contributed by atoms with van der Waals surface area (Å²) in [6.07, 6.45) is 1.81. The molecule has 2 heterocycles. The zero-order valence-corrected chi connectivity index (χ0v) is 16.1. The molecule has 0 saturated heterocycles. The summed E-state index contributed by atoms with van der Waals surface area (Å²) in [6.45, 7) is 2.10. The average molecular weight is 398 g/mol. The van der Waals surface area contributed by atoms with Gasteiger partial charge in [0.15, 0.2) is 5.82 Å². The minimum absolute atomic E-state index is 0.249. The van der Waals surface area contributed by atoms with E-state index in [1.54, 1.807) is 28.8 Å². The van der Waals surface area contributed by atoms with Gasteiger partial charge in [0.05, 0.1) is 10.6 Å². The lowest BCUT2D eigenvalue weighted by molar-refractivity contribution is 0.102. The van der Waals surface area contributed by atoms with Gasteiger partial charge in [-0.2, -0.15) is 9.61 Å². The van der Waals surface area contributed by atoms with Crippen LogP contribution in [0.5, 0.6) is 0 Å². The van der Waals surface area contributed by atoms with Crippen LogP contribution in [0.1, 0.15) is 29.5 Å². The third kappa shape index (κ3) is 3.56. The zero-order valence-electron chi connectivity index (χ0n) is 14.5. The van der Waals surface area contributed by atoms with E-state index in [1.165, 1.54) is 11.3 Å². The molecule has 1 N–H and O–H groups in total. The van der Waals surface area contributed by atoms with Crippen molar-refractivity contribution in [3.8, 4) is 10.6 Å². The van der Waals surface area contributed by atoms with E-state index in [1.807, 2.05) is 24.3 Å². The van der Waals surface area contributed by atoms with Gasteiger partial charge < -0.3 is 5.32 Å². The Kier molecular flexibility index (Phi) is 4.87. The minimum Gasteiger partial charge on any atom is -0.322 e. The number of aryl methyl sites for hydroxylation is 1. The van der Waals surface area contributed by atoms with Gasteiger partial charge in [0, 0.05) is 17.7 Å². The molecule has 1 amide bonds. The van der Waals surface area contributed by atoms with E-state index in [9.17, 15) is 4.79 Å². The number of carbonyl (C=O) groups is 1. The fraction of sp³-hybridized carbons (Fsp3) is 0.158. The maximum absolute atomic E-state index is 12.5. The molecule has 2 aromatic heterocycles. The van der Waals surface area contributed by atoms with Crippen molar-refractivity contribution in [1.82, 2.24) is 19.8 Å². The minimum atomic E-state index is -0.249. The number of nitrogens with one attached hydrogen (secondary N) is 1. The van der Waals surface area contributed by atoms with Crippen LogP contribution in [0.4, 0.5) is 5.69 Å². The quantitative estimate of drug-likeness (QED) is 0.529. The molecule has 136 valence electrons. The number of hydrogen-bond donors (Lipinski definition) is 1. The van der Waals surface area contributed by atoms with Gasteiger partial charge in [-0.3, -0.25) is 4.79 Å². The molecule has 0 radical (unpaired) electrons. The molecule has 0 fully saturated rings. The van der Waals surface area contributed by atoms with Crippen LogP contribution >= 0.6 is 22.9 Å². The molecular formula is C19H16ClN5OS. The fourth-order valence-electron chi connectivity index (χ4n) is 2.73. The smallest absolute Gasteiger partial charge is 0.257 e. The summed E-state index contributed by atoms with van der Waals surface area (Å²) in [4.78, 5) is 13.2. The van der Waals surface area contributed by atoms with E-state index in [-0.39, 0.29) is 5.91 Å². The van der Waals surface area contributed by atoms with Crippen LogP contribution in [0.15, 0.2) is 48.5 Å². The van der Waals surface area contributed by atoms with E-state index in [2.05, 4.69) is 27.5 Å². The van der Waals surface area contributed by atoms with Crippen LogP contribution in [0.25, 0.3) is 15.5 Å². The first-order valence-electron chi connectivity index (χ1n) is 8.53. The van der Waals surface area contributed by atoms with Crippen molar-refractivity contribution in [2.24, 2.45) is 0 Å². The summed E-state index contributed by atoms with van der Waals surface area (Å²) in [7, 11) is 0. The first-order valence-corrected chi connectivity index (χ1v) is 9.72. The third-order valence-corrected chi connectivity index (χ3v) is 5.29. The number of rotatable bonds is 5. The Morgan fingerprint density at radius 2 is 2.04 bits per heavy atom. The topological polar surface area (TPSA) is 72.2 Å². The van der Waals surface area contributed by atoms with Crippen LogP contribution < -0.4 is 5.32 Å². The van der Waals surface area contributed by atoms with E-state index in [0.29, 0.717) is 16.3 Å². The molecule has 0 aliphatic carbocycles. The highest BCUT2D eigenvalue weighted by Crippen LogP contribution is 2.28. The number of amides is 1. The van der Waals surface area contributed by atoms with Gasteiger partial charge >= 0.3 is 0 Å². The van der Waals surface area contributed by atoms with Crippen LogP contribution in [0.2, 0.25) is 5.02 Å². The highest BCUT2D eigenvalue weighted by molar-refractivity contribution is 7.19. The summed E-state index contributed by atoms with van der Waals surface area (Å²) >= 11 is 7.57. The van der Waals surface area contributed by atoms with Crippen molar-refractivity contribution in [1.29, 1.82) is 0 Å².